The first-order valence-corrected chi connectivity index (χ1v) is 9.63. The average Bonchev–Trinajstić information content (AvgIpc) is 2.71. The number of methoxy groups -OCH3 is 3. The summed E-state index contributed by atoms with van der Waals surface area (Å²) in [6.07, 6.45) is 0.993. The van der Waals surface area contributed by atoms with Gasteiger partial charge in [-0.05, 0) is 18.6 Å². The number of para-hydroxylation sites is 1. The van der Waals surface area contributed by atoms with E-state index in [0.717, 1.165) is 17.0 Å². The van der Waals surface area contributed by atoms with Gasteiger partial charge in [0, 0.05) is 28.8 Å². The number of fused-ring (bicyclic) bond motifs is 1. The Labute approximate surface area is 163 Å². The minimum Gasteiger partial charge on any atom is -0.493 e. The number of urea groups is 1. The lowest BCUT2D eigenvalue weighted by Crippen LogP contribution is -2.41. The second-order valence-corrected chi connectivity index (χ2v) is 7.41. The van der Waals surface area contributed by atoms with Gasteiger partial charge in [-0.25, -0.2) is 4.79 Å². The molecule has 6 nitrogen and oxygen atoms in total. The van der Waals surface area contributed by atoms with E-state index in [1.165, 1.54) is 0 Å². The van der Waals surface area contributed by atoms with Crippen LogP contribution >= 0.6 is 11.8 Å². The van der Waals surface area contributed by atoms with Crippen molar-refractivity contribution in [2.24, 2.45) is 0 Å². The van der Waals surface area contributed by atoms with E-state index in [1.807, 2.05) is 30.0 Å². The second-order valence-electron chi connectivity index (χ2n) is 6.07. The van der Waals surface area contributed by atoms with Gasteiger partial charge in [0.25, 0.3) is 0 Å². The molecule has 1 aliphatic rings. The van der Waals surface area contributed by atoms with Crippen LogP contribution in [0.15, 0.2) is 41.3 Å². The normalized spacial score (nSPS) is 15.7. The van der Waals surface area contributed by atoms with Gasteiger partial charge >= 0.3 is 6.03 Å². The average molecular weight is 388 g/mol. The van der Waals surface area contributed by atoms with Crippen molar-refractivity contribution in [3.63, 3.8) is 0 Å². The quantitative estimate of drug-likeness (QED) is 0.809. The summed E-state index contributed by atoms with van der Waals surface area (Å²) >= 11 is 1.82. The topological polar surface area (TPSA) is 60.0 Å². The second kappa shape index (κ2) is 8.43. The molecular weight excluding hydrogens is 364 g/mol. The predicted octanol–water partition coefficient (Wildman–Crippen LogP) is 4.64. The predicted molar refractivity (Wildman–Crippen MR) is 109 cm³/mol. The molecule has 0 radical (unpaired) electrons. The maximum absolute atomic E-state index is 13.0. The van der Waals surface area contributed by atoms with Crippen molar-refractivity contribution in [2.75, 3.05) is 38.1 Å². The van der Waals surface area contributed by atoms with Gasteiger partial charge in [0.2, 0.25) is 5.75 Å². The Bertz CT molecular complexity index is 802. The first kappa shape index (κ1) is 19.2. The molecule has 2 aromatic rings. The van der Waals surface area contributed by atoms with Crippen molar-refractivity contribution in [1.29, 1.82) is 0 Å². The lowest BCUT2D eigenvalue weighted by atomic mass is 10.2. The highest BCUT2D eigenvalue weighted by molar-refractivity contribution is 8.00. The molecule has 0 spiro atoms. The number of carbonyl (C=O) groups excluding carboxylic acids is 1. The molecule has 1 atom stereocenters. The first-order valence-electron chi connectivity index (χ1n) is 8.75. The number of ether oxygens (including phenoxy) is 3. The summed E-state index contributed by atoms with van der Waals surface area (Å²) in [6, 6.07) is 11.2. The van der Waals surface area contributed by atoms with Gasteiger partial charge in [-0.3, -0.25) is 4.90 Å². The highest BCUT2D eigenvalue weighted by Gasteiger charge is 2.28. The van der Waals surface area contributed by atoms with Crippen LogP contribution in [-0.4, -0.2) is 39.2 Å². The molecule has 3 rings (SSSR count). The van der Waals surface area contributed by atoms with Crippen molar-refractivity contribution in [2.45, 2.75) is 23.5 Å². The summed E-state index contributed by atoms with van der Waals surface area (Å²) in [5, 5.41) is 3.33. The van der Waals surface area contributed by atoms with Gasteiger partial charge in [0.1, 0.15) is 0 Å². The summed E-state index contributed by atoms with van der Waals surface area (Å²) in [6.45, 7) is 2.80. The van der Waals surface area contributed by atoms with Crippen molar-refractivity contribution in [1.82, 2.24) is 0 Å². The molecule has 1 heterocycles. The third-order valence-corrected chi connectivity index (χ3v) is 5.87. The van der Waals surface area contributed by atoms with Crippen molar-refractivity contribution in [3.05, 3.63) is 36.4 Å². The third-order valence-electron chi connectivity index (χ3n) is 4.45. The zero-order valence-corrected chi connectivity index (χ0v) is 16.8. The number of hydrogen-bond acceptors (Lipinski definition) is 5. The molecule has 144 valence electrons. The highest BCUT2D eigenvalue weighted by atomic mass is 32.2. The number of amides is 2. The monoisotopic (exact) mass is 388 g/mol. The summed E-state index contributed by atoms with van der Waals surface area (Å²) in [4.78, 5) is 16.0. The van der Waals surface area contributed by atoms with E-state index >= 15 is 0 Å². The Morgan fingerprint density at radius 3 is 2.41 bits per heavy atom. The number of thioether (sulfide) groups is 1. The molecule has 0 saturated heterocycles. The molecule has 2 aromatic carbocycles. The summed E-state index contributed by atoms with van der Waals surface area (Å²) in [5.74, 6) is 1.48. The van der Waals surface area contributed by atoms with E-state index < -0.39 is 0 Å². The summed E-state index contributed by atoms with van der Waals surface area (Å²) in [5.41, 5.74) is 1.51. The van der Waals surface area contributed by atoms with E-state index in [0.29, 0.717) is 34.7 Å². The van der Waals surface area contributed by atoms with Gasteiger partial charge in [0.05, 0.1) is 32.7 Å². The molecule has 0 bridgehead atoms. The molecule has 0 unspecified atom stereocenters. The van der Waals surface area contributed by atoms with Crippen molar-refractivity contribution >= 4 is 29.2 Å². The van der Waals surface area contributed by atoms with Crippen LogP contribution in [0.25, 0.3) is 0 Å². The molecule has 1 N–H and O–H groups in total. The zero-order chi connectivity index (χ0) is 19.4. The lowest BCUT2D eigenvalue weighted by Gasteiger charge is -2.33. The maximum atomic E-state index is 13.0. The Balaban J connectivity index is 1.89. The minimum absolute atomic E-state index is 0.185. The largest absolute Gasteiger partial charge is 0.493 e. The Kier molecular flexibility index (Phi) is 6.01. The smallest absolute Gasteiger partial charge is 0.326 e. The van der Waals surface area contributed by atoms with Gasteiger partial charge in [-0.2, -0.15) is 0 Å². The molecule has 0 aliphatic carbocycles. The van der Waals surface area contributed by atoms with Gasteiger partial charge in [-0.1, -0.05) is 19.1 Å². The molecular formula is C20H24N2O4S. The third kappa shape index (κ3) is 3.93. The fraction of sp³-hybridized carbons (Fsp3) is 0.350. The molecule has 2 amide bonds. The highest BCUT2D eigenvalue weighted by Crippen LogP contribution is 2.41. The van der Waals surface area contributed by atoms with Gasteiger partial charge in [-0.15, -0.1) is 11.8 Å². The van der Waals surface area contributed by atoms with Crippen LogP contribution in [0.3, 0.4) is 0 Å². The van der Waals surface area contributed by atoms with Crippen LogP contribution in [0.5, 0.6) is 17.2 Å². The molecule has 1 aliphatic heterocycles. The SMILES string of the molecule is CC[C@H]1CN(C(=O)Nc2cc(OC)c(OC)c(OC)c2)c2ccccc2S1. The van der Waals surface area contributed by atoms with Crippen LogP contribution < -0.4 is 24.4 Å². The van der Waals surface area contributed by atoms with Crippen LogP contribution in [0, 0.1) is 0 Å². The van der Waals surface area contributed by atoms with Crippen molar-refractivity contribution in [3.8, 4) is 17.2 Å². The van der Waals surface area contributed by atoms with Gasteiger partial charge in [0.15, 0.2) is 11.5 Å². The summed E-state index contributed by atoms with van der Waals surface area (Å²) < 4.78 is 16.1. The first-order chi connectivity index (χ1) is 13.1. The van der Waals surface area contributed by atoms with Crippen LogP contribution in [0.4, 0.5) is 16.2 Å². The van der Waals surface area contributed by atoms with Crippen molar-refractivity contribution < 1.29 is 19.0 Å². The number of nitrogens with zero attached hydrogens (tertiary/aromatic N) is 1. The Morgan fingerprint density at radius 2 is 1.81 bits per heavy atom. The number of nitrogens with one attached hydrogen (secondary N) is 1. The van der Waals surface area contributed by atoms with Crippen LogP contribution in [0.1, 0.15) is 13.3 Å². The Morgan fingerprint density at radius 1 is 1.15 bits per heavy atom. The number of hydrogen-bond donors (Lipinski definition) is 1. The van der Waals surface area contributed by atoms with E-state index in [9.17, 15) is 4.79 Å². The van der Waals surface area contributed by atoms with Gasteiger partial charge < -0.3 is 19.5 Å². The fourth-order valence-electron chi connectivity index (χ4n) is 3.05. The number of benzene rings is 2. The zero-order valence-electron chi connectivity index (χ0n) is 15.9. The molecule has 0 aromatic heterocycles. The molecule has 0 saturated carbocycles. The number of rotatable bonds is 5. The Hall–Kier alpha value is -2.54. The molecule has 7 heteroatoms. The van der Waals surface area contributed by atoms with E-state index in [2.05, 4.69) is 18.3 Å². The molecule has 27 heavy (non-hydrogen) atoms. The fourth-order valence-corrected chi connectivity index (χ4v) is 4.25. The van der Waals surface area contributed by atoms with E-state index in [4.69, 9.17) is 14.2 Å². The van der Waals surface area contributed by atoms with E-state index in [1.54, 1.807) is 38.4 Å². The lowest BCUT2D eigenvalue weighted by molar-refractivity contribution is 0.256. The van der Waals surface area contributed by atoms with Crippen LogP contribution in [0.2, 0.25) is 0 Å². The maximum Gasteiger partial charge on any atom is 0.326 e. The summed E-state index contributed by atoms with van der Waals surface area (Å²) in [7, 11) is 4.64. The van der Waals surface area contributed by atoms with Crippen LogP contribution in [-0.2, 0) is 0 Å². The number of anilines is 2. The standard InChI is InChI=1S/C20H24N2O4S/c1-5-14-12-22(15-8-6-7-9-18(15)27-14)20(23)21-13-10-16(24-2)19(26-4)17(11-13)25-3/h6-11,14H,5,12H2,1-4H3,(H,21,23)/t14-/m0/s1. The molecule has 0 fully saturated rings. The minimum atomic E-state index is -0.185. The van der Waals surface area contributed by atoms with E-state index in [-0.39, 0.29) is 6.03 Å². The number of carbonyl (C=O) groups is 1.